The molecule has 0 fully saturated rings. The van der Waals surface area contributed by atoms with Crippen LogP contribution in [-0.2, 0) is 4.74 Å². The highest BCUT2D eigenvalue weighted by Gasteiger charge is 2.08. The molecule has 4 nitrogen and oxygen atoms in total. The van der Waals surface area contributed by atoms with Crippen LogP contribution in [0.3, 0.4) is 0 Å². The molecule has 4 heteroatoms. The van der Waals surface area contributed by atoms with Gasteiger partial charge in [-0.15, -0.1) is 0 Å². The third-order valence-electron chi connectivity index (χ3n) is 1.71. The Labute approximate surface area is 80.2 Å². The molecule has 0 bridgehead atoms. The Morgan fingerprint density at radius 2 is 2.08 bits per heavy atom. The van der Waals surface area contributed by atoms with E-state index in [-0.39, 0.29) is 6.03 Å². The molecule has 0 aliphatic heterocycles. The summed E-state index contributed by atoms with van der Waals surface area (Å²) in [6, 6.07) is -0.00953. The minimum Gasteiger partial charge on any atom is -0.380 e. The molecule has 2 amide bonds. The maximum Gasteiger partial charge on any atom is 0.317 e. The van der Waals surface area contributed by atoms with E-state index in [1.807, 2.05) is 20.8 Å². The summed E-state index contributed by atoms with van der Waals surface area (Å²) in [6.45, 7) is 9.19. The number of rotatable bonds is 6. The van der Waals surface area contributed by atoms with Crippen molar-refractivity contribution < 1.29 is 9.53 Å². The van der Waals surface area contributed by atoms with Crippen LogP contribution in [-0.4, -0.2) is 43.8 Å². The SMILES string of the molecule is CCNC(=O)N(CC)CCOCC. The van der Waals surface area contributed by atoms with E-state index in [2.05, 4.69) is 5.32 Å². The molecule has 0 aromatic heterocycles. The molecule has 78 valence electrons. The van der Waals surface area contributed by atoms with E-state index in [0.29, 0.717) is 26.3 Å². The number of nitrogens with one attached hydrogen (secondary N) is 1. The van der Waals surface area contributed by atoms with Crippen molar-refractivity contribution >= 4 is 6.03 Å². The highest BCUT2D eigenvalue weighted by atomic mass is 16.5. The second-order valence-electron chi connectivity index (χ2n) is 2.61. The van der Waals surface area contributed by atoms with Crippen LogP contribution >= 0.6 is 0 Å². The quantitative estimate of drug-likeness (QED) is 0.634. The Hall–Kier alpha value is -0.770. The predicted molar refractivity (Wildman–Crippen MR) is 52.8 cm³/mol. The molecule has 0 atom stereocenters. The number of nitrogens with zero attached hydrogens (tertiary/aromatic N) is 1. The fraction of sp³-hybridized carbons (Fsp3) is 0.889. The number of carbonyl (C=O) groups is 1. The summed E-state index contributed by atoms with van der Waals surface area (Å²) in [4.78, 5) is 13.1. The second kappa shape index (κ2) is 7.86. The summed E-state index contributed by atoms with van der Waals surface area (Å²) >= 11 is 0. The van der Waals surface area contributed by atoms with Gasteiger partial charge in [-0.25, -0.2) is 4.79 Å². The Balaban J connectivity index is 3.67. The molecule has 0 aromatic rings. The summed E-state index contributed by atoms with van der Waals surface area (Å²) in [7, 11) is 0. The maximum absolute atomic E-state index is 11.3. The first-order valence-corrected chi connectivity index (χ1v) is 4.86. The van der Waals surface area contributed by atoms with Crippen molar-refractivity contribution in [2.45, 2.75) is 20.8 Å². The monoisotopic (exact) mass is 188 g/mol. The first-order chi connectivity index (χ1) is 6.26. The van der Waals surface area contributed by atoms with Gasteiger partial charge in [-0.2, -0.15) is 0 Å². The van der Waals surface area contributed by atoms with Crippen molar-refractivity contribution in [3.63, 3.8) is 0 Å². The molecule has 0 aromatic carbocycles. The Morgan fingerprint density at radius 3 is 2.54 bits per heavy atom. The number of amides is 2. The molecule has 13 heavy (non-hydrogen) atoms. The van der Waals surface area contributed by atoms with Crippen molar-refractivity contribution in [3.8, 4) is 0 Å². The molecular weight excluding hydrogens is 168 g/mol. The summed E-state index contributed by atoms with van der Waals surface area (Å²) in [6.07, 6.45) is 0. The zero-order valence-corrected chi connectivity index (χ0v) is 8.80. The van der Waals surface area contributed by atoms with Gasteiger partial charge in [0.15, 0.2) is 0 Å². The summed E-state index contributed by atoms with van der Waals surface area (Å²) in [5.41, 5.74) is 0. The zero-order valence-electron chi connectivity index (χ0n) is 8.80. The van der Waals surface area contributed by atoms with Gasteiger partial charge in [-0.1, -0.05) is 0 Å². The molecule has 0 saturated heterocycles. The molecule has 0 aliphatic rings. The lowest BCUT2D eigenvalue weighted by Gasteiger charge is -2.20. The van der Waals surface area contributed by atoms with Crippen LogP contribution in [0.25, 0.3) is 0 Å². The number of likely N-dealkylation sites (N-methyl/N-ethyl adjacent to an activating group) is 1. The first-order valence-electron chi connectivity index (χ1n) is 4.86. The van der Waals surface area contributed by atoms with E-state index >= 15 is 0 Å². The highest BCUT2D eigenvalue weighted by molar-refractivity contribution is 5.73. The van der Waals surface area contributed by atoms with Crippen LogP contribution in [0.5, 0.6) is 0 Å². The Morgan fingerprint density at radius 1 is 1.38 bits per heavy atom. The molecular formula is C9H20N2O2. The molecule has 0 unspecified atom stereocenters. The predicted octanol–water partition coefficient (Wildman–Crippen LogP) is 1.07. The van der Waals surface area contributed by atoms with Gasteiger partial charge in [0.2, 0.25) is 0 Å². The van der Waals surface area contributed by atoms with Crippen molar-refractivity contribution in [2.24, 2.45) is 0 Å². The fourth-order valence-corrected chi connectivity index (χ4v) is 0.985. The van der Waals surface area contributed by atoms with Crippen molar-refractivity contribution in [1.82, 2.24) is 10.2 Å². The van der Waals surface area contributed by atoms with Gasteiger partial charge < -0.3 is 15.0 Å². The smallest absolute Gasteiger partial charge is 0.317 e. The van der Waals surface area contributed by atoms with Crippen LogP contribution in [0, 0.1) is 0 Å². The third-order valence-corrected chi connectivity index (χ3v) is 1.71. The number of hydrogen-bond donors (Lipinski definition) is 1. The summed E-state index contributed by atoms with van der Waals surface area (Å²) < 4.78 is 5.17. The highest BCUT2D eigenvalue weighted by Crippen LogP contribution is 1.89. The normalized spacial score (nSPS) is 9.77. The molecule has 0 rings (SSSR count). The van der Waals surface area contributed by atoms with Gasteiger partial charge in [-0.05, 0) is 20.8 Å². The summed E-state index contributed by atoms with van der Waals surface area (Å²) in [5.74, 6) is 0. The molecule has 1 N–H and O–H groups in total. The van der Waals surface area contributed by atoms with E-state index in [1.54, 1.807) is 4.90 Å². The standard InChI is InChI=1S/C9H20N2O2/c1-4-10-9(12)11(5-2)7-8-13-6-3/h4-8H2,1-3H3,(H,10,12). The van der Waals surface area contributed by atoms with Gasteiger partial charge >= 0.3 is 6.03 Å². The lowest BCUT2D eigenvalue weighted by Crippen LogP contribution is -2.41. The van der Waals surface area contributed by atoms with E-state index in [1.165, 1.54) is 0 Å². The van der Waals surface area contributed by atoms with Crippen molar-refractivity contribution in [1.29, 1.82) is 0 Å². The largest absolute Gasteiger partial charge is 0.380 e. The van der Waals surface area contributed by atoms with Gasteiger partial charge in [0.25, 0.3) is 0 Å². The Kier molecular flexibility index (Phi) is 7.39. The number of carbonyl (C=O) groups excluding carboxylic acids is 1. The average Bonchev–Trinajstić information content (AvgIpc) is 2.13. The topological polar surface area (TPSA) is 41.6 Å². The zero-order chi connectivity index (χ0) is 10.1. The Bertz CT molecular complexity index is 140. The van der Waals surface area contributed by atoms with Crippen molar-refractivity contribution in [2.75, 3.05) is 32.8 Å². The summed E-state index contributed by atoms with van der Waals surface area (Å²) in [5, 5.41) is 2.75. The molecule has 0 heterocycles. The lowest BCUT2D eigenvalue weighted by atomic mass is 10.5. The van der Waals surface area contributed by atoms with E-state index in [4.69, 9.17) is 4.74 Å². The first kappa shape index (κ1) is 12.2. The van der Waals surface area contributed by atoms with Crippen LogP contribution in [0.1, 0.15) is 20.8 Å². The third kappa shape index (κ3) is 5.47. The molecule has 0 aliphatic carbocycles. The van der Waals surface area contributed by atoms with E-state index in [0.717, 1.165) is 6.54 Å². The van der Waals surface area contributed by atoms with Crippen LogP contribution in [0.2, 0.25) is 0 Å². The lowest BCUT2D eigenvalue weighted by molar-refractivity contribution is 0.120. The molecule has 0 radical (unpaired) electrons. The van der Waals surface area contributed by atoms with Crippen LogP contribution < -0.4 is 5.32 Å². The van der Waals surface area contributed by atoms with E-state index in [9.17, 15) is 4.79 Å². The number of hydrogen-bond acceptors (Lipinski definition) is 2. The number of ether oxygens (including phenoxy) is 1. The molecule has 0 spiro atoms. The minimum absolute atomic E-state index is 0.00953. The van der Waals surface area contributed by atoms with Crippen LogP contribution in [0.4, 0.5) is 4.79 Å². The van der Waals surface area contributed by atoms with Gasteiger partial charge in [0.1, 0.15) is 0 Å². The number of urea groups is 1. The van der Waals surface area contributed by atoms with Gasteiger partial charge in [-0.3, -0.25) is 0 Å². The van der Waals surface area contributed by atoms with Crippen LogP contribution in [0.15, 0.2) is 0 Å². The molecule has 0 saturated carbocycles. The minimum atomic E-state index is -0.00953. The van der Waals surface area contributed by atoms with Gasteiger partial charge in [0, 0.05) is 26.2 Å². The second-order valence-corrected chi connectivity index (χ2v) is 2.61. The van der Waals surface area contributed by atoms with Crippen molar-refractivity contribution in [3.05, 3.63) is 0 Å². The van der Waals surface area contributed by atoms with Gasteiger partial charge in [0.05, 0.1) is 6.61 Å². The average molecular weight is 188 g/mol. The fourth-order valence-electron chi connectivity index (χ4n) is 0.985. The van der Waals surface area contributed by atoms with E-state index < -0.39 is 0 Å². The maximum atomic E-state index is 11.3.